The number of hydrogen-bond donors (Lipinski definition) is 4. The first-order valence-electron chi connectivity index (χ1n) is 8.04. The lowest BCUT2D eigenvalue weighted by Gasteiger charge is -2.39. The molecule has 0 radical (unpaired) electrons. The van der Waals surface area contributed by atoms with E-state index in [1.807, 2.05) is 0 Å². The molecule has 0 saturated carbocycles. The van der Waals surface area contributed by atoms with Gasteiger partial charge < -0.3 is 29.9 Å². The normalized spacial score (nSPS) is 33.3. The van der Waals surface area contributed by atoms with E-state index in [0.717, 1.165) is 19.3 Å². The van der Waals surface area contributed by atoms with E-state index in [2.05, 4.69) is 6.92 Å². The highest BCUT2D eigenvalue weighted by Gasteiger charge is 2.43. The molecule has 1 rings (SSSR count). The van der Waals surface area contributed by atoms with Crippen LogP contribution in [0.4, 0.5) is 0 Å². The number of aliphatic hydroxyl groups is 4. The highest BCUT2D eigenvalue weighted by molar-refractivity contribution is 4.88. The fourth-order valence-corrected chi connectivity index (χ4v) is 2.46. The molecule has 1 aliphatic rings. The highest BCUT2D eigenvalue weighted by Crippen LogP contribution is 2.22. The minimum atomic E-state index is -1.37. The SMILES string of the molecule is CCCCCCCCCO[C@H]1O[C@H](CO)[C@H](O)[C@@H](O)[C@H]1O. The fraction of sp³-hybridized carbons (Fsp3) is 1.00. The Morgan fingerprint density at radius 2 is 1.48 bits per heavy atom. The molecule has 0 spiro atoms. The summed E-state index contributed by atoms with van der Waals surface area (Å²) in [4.78, 5) is 0. The van der Waals surface area contributed by atoms with Gasteiger partial charge in [0.25, 0.3) is 0 Å². The molecular weight excluding hydrogens is 276 g/mol. The van der Waals surface area contributed by atoms with Gasteiger partial charge in [-0.3, -0.25) is 0 Å². The minimum Gasteiger partial charge on any atom is -0.394 e. The van der Waals surface area contributed by atoms with Crippen molar-refractivity contribution in [1.82, 2.24) is 0 Å². The summed E-state index contributed by atoms with van der Waals surface area (Å²) in [6.07, 6.45) is 2.20. The zero-order chi connectivity index (χ0) is 15.7. The number of unbranched alkanes of at least 4 members (excludes halogenated alkanes) is 6. The van der Waals surface area contributed by atoms with Gasteiger partial charge in [-0.05, 0) is 6.42 Å². The number of ether oxygens (including phenoxy) is 2. The van der Waals surface area contributed by atoms with Gasteiger partial charge in [0.1, 0.15) is 24.4 Å². The Morgan fingerprint density at radius 1 is 0.857 bits per heavy atom. The van der Waals surface area contributed by atoms with Crippen LogP contribution in [0.2, 0.25) is 0 Å². The molecule has 1 aliphatic heterocycles. The van der Waals surface area contributed by atoms with Crippen LogP contribution >= 0.6 is 0 Å². The molecule has 6 nitrogen and oxygen atoms in total. The van der Waals surface area contributed by atoms with Crippen molar-refractivity contribution in [2.24, 2.45) is 0 Å². The smallest absolute Gasteiger partial charge is 0.186 e. The first kappa shape index (κ1) is 18.8. The first-order chi connectivity index (χ1) is 10.1. The Hall–Kier alpha value is -0.240. The third kappa shape index (κ3) is 6.18. The Labute approximate surface area is 126 Å². The van der Waals surface area contributed by atoms with E-state index in [4.69, 9.17) is 14.6 Å². The van der Waals surface area contributed by atoms with Gasteiger partial charge >= 0.3 is 0 Å². The van der Waals surface area contributed by atoms with E-state index >= 15 is 0 Å². The summed E-state index contributed by atoms with van der Waals surface area (Å²) in [5, 5.41) is 38.1. The quantitative estimate of drug-likeness (QED) is 0.440. The van der Waals surface area contributed by atoms with Crippen molar-refractivity contribution >= 4 is 0 Å². The molecule has 0 aromatic heterocycles. The number of hydrogen-bond acceptors (Lipinski definition) is 6. The zero-order valence-electron chi connectivity index (χ0n) is 12.9. The summed E-state index contributed by atoms with van der Waals surface area (Å²) in [6, 6.07) is 0. The molecule has 0 aliphatic carbocycles. The van der Waals surface area contributed by atoms with Gasteiger partial charge in [0.05, 0.1) is 6.61 Å². The topological polar surface area (TPSA) is 99.4 Å². The Morgan fingerprint density at radius 3 is 2.10 bits per heavy atom. The van der Waals surface area contributed by atoms with Gasteiger partial charge in [-0.25, -0.2) is 0 Å². The number of aliphatic hydroxyl groups excluding tert-OH is 4. The summed E-state index contributed by atoms with van der Waals surface area (Å²) in [5.41, 5.74) is 0. The van der Waals surface area contributed by atoms with Crippen molar-refractivity contribution in [2.45, 2.75) is 82.6 Å². The predicted octanol–water partition coefficient (Wildman–Crippen LogP) is 0.553. The Balaban J connectivity index is 2.16. The Kier molecular flexibility index (Phi) is 9.39. The molecule has 0 aromatic rings. The van der Waals surface area contributed by atoms with Gasteiger partial charge in [-0.1, -0.05) is 45.4 Å². The second-order valence-electron chi connectivity index (χ2n) is 5.69. The van der Waals surface area contributed by atoms with Gasteiger partial charge in [-0.15, -0.1) is 0 Å². The lowest BCUT2D eigenvalue weighted by Crippen LogP contribution is -2.59. The molecular formula is C15H30O6. The maximum Gasteiger partial charge on any atom is 0.186 e. The molecule has 1 saturated heterocycles. The van der Waals surface area contributed by atoms with E-state index in [1.165, 1.54) is 25.7 Å². The van der Waals surface area contributed by atoms with Crippen LogP contribution in [0.25, 0.3) is 0 Å². The molecule has 0 amide bonds. The van der Waals surface area contributed by atoms with E-state index in [0.29, 0.717) is 6.61 Å². The second-order valence-corrected chi connectivity index (χ2v) is 5.69. The maximum absolute atomic E-state index is 9.78. The van der Waals surface area contributed by atoms with Crippen molar-refractivity contribution in [3.05, 3.63) is 0 Å². The highest BCUT2D eigenvalue weighted by atomic mass is 16.7. The first-order valence-corrected chi connectivity index (χ1v) is 8.04. The molecule has 0 aromatic carbocycles. The monoisotopic (exact) mass is 306 g/mol. The van der Waals surface area contributed by atoms with Crippen molar-refractivity contribution in [2.75, 3.05) is 13.2 Å². The van der Waals surface area contributed by atoms with E-state index in [9.17, 15) is 15.3 Å². The fourth-order valence-electron chi connectivity index (χ4n) is 2.46. The maximum atomic E-state index is 9.78. The molecule has 6 heteroatoms. The van der Waals surface area contributed by atoms with Gasteiger partial charge in [0.15, 0.2) is 6.29 Å². The average Bonchev–Trinajstić information content (AvgIpc) is 2.49. The molecule has 1 heterocycles. The molecule has 1 fully saturated rings. The van der Waals surface area contributed by atoms with Crippen LogP contribution in [0.1, 0.15) is 51.9 Å². The predicted molar refractivity (Wildman–Crippen MR) is 77.7 cm³/mol. The summed E-state index contributed by atoms with van der Waals surface area (Å²) in [5.74, 6) is 0. The summed E-state index contributed by atoms with van der Waals surface area (Å²) in [6.45, 7) is 2.19. The lowest BCUT2D eigenvalue weighted by atomic mass is 9.99. The minimum absolute atomic E-state index is 0.427. The summed E-state index contributed by atoms with van der Waals surface area (Å²) in [7, 11) is 0. The van der Waals surface area contributed by atoms with Crippen LogP contribution in [-0.4, -0.2) is 64.3 Å². The molecule has 0 unspecified atom stereocenters. The third-order valence-electron chi connectivity index (χ3n) is 3.88. The van der Waals surface area contributed by atoms with Crippen LogP contribution < -0.4 is 0 Å². The van der Waals surface area contributed by atoms with E-state index in [1.54, 1.807) is 0 Å². The second kappa shape index (κ2) is 10.5. The molecule has 126 valence electrons. The van der Waals surface area contributed by atoms with Crippen molar-refractivity contribution < 1.29 is 29.9 Å². The van der Waals surface area contributed by atoms with E-state index in [-0.39, 0.29) is 0 Å². The standard InChI is InChI=1S/C15H30O6/c1-2-3-4-5-6-7-8-9-20-15-14(19)13(18)12(17)11(10-16)21-15/h11-19H,2-10H2,1H3/t11-,12+,13-,14-,15+/m1/s1. The van der Waals surface area contributed by atoms with Crippen LogP contribution in [0.5, 0.6) is 0 Å². The third-order valence-corrected chi connectivity index (χ3v) is 3.88. The lowest BCUT2D eigenvalue weighted by molar-refractivity contribution is -0.301. The van der Waals surface area contributed by atoms with Gasteiger partial charge in [0, 0.05) is 6.61 Å². The zero-order valence-corrected chi connectivity index (χ0v) is 12.9. The van der Waals surface area contributed by atoms with Crippen molar-refractivity contribution in [3.8, 4) is 0 Å². The van der Waals surface area contributed by atoms with E-state index < -0.39 is 37.3 Å². The molecule has 5 atom stereocenters. The molecule has 21 heavy (non-hydrogen) atoms. The molecule has 0 bridgehead atoms. The average molecular weight is 306 g/mol. The van der Waals surface area contributed by atoms with Crippen molar-refractivity contribution in [3.63, 3.8) is 0 Å². The summed E-state index contributed by atoms with van der Waals surface area (Å²) >= 11 is 0. The van der Waals surface area contributed by atoms with Crippen LogP contribution in [0.15, 0.2) is 0 Å². The van der Waals surface area contributed by atoms with Gasteiger partial charge in [-0.2, -0.15) is 0 Å². The van der Waals surface area contributed by atoms with Crippen LogP contribution in [-0.2, 0) is 9.47 Å². The van der Waals surface area contributed by atoms with Crippen LogP contribution in [0, 0.1) is 0 Å². The van der Waals surface area contributed by atoms with Gasteiger partial charge in [0.2, 0.25) is 0 Å². The van der Waals surface area contributed by atoms with Crippen molar-refractivity contribution in [1.29, 1.82) is 0 Å². The Bertz CT molecular complexity index is 261. The summed E-state index contributed by atoms with van der Waals surface area (Å²) < 4.78 is 10.7. The largest absolute Gasteiger partial charge is 0.394 e. The van der Waals surface area contributed by atoms with Crippen LogP contribution in [0.3, 0.4) is 0 Å². The molecule has 4 N–H and O–H groups in total. The number of rotatable bonds is 10.